The molecule has 2 aromatic heterocycles. The van der Waals surface area contributed by atoms with Crippen molar-refractivity contribution in [3.8, 4) is 0 Å². The zero-order valence-electron chi connectivity index (χ0n) is 14.7. The highest BCUT2D eigenvalue weighted by molar-refractivity contribution is 7.99. The van der Waals surface area contributed by atoms with Crippen LogP contribution in [0.3, 0.4) is 0 Å². The maximum Gasteiger partial charge on any atom is 0.250 e. The Balaban J connectivity index is 1.64. The summed E-state index contributed by atoms with van der Waals surface area (Å²) in [6.45, 7) is 2.75. The highest BCUT2D eigenvalue weighted by Gasteiger charge is 2.15. The van der Waals surface area contributed by atoms with Gasteiger partial charge in [-0.05, 0) is 30.5 Å². The molecule has 0 aliphatic rings. The van der Waals surface area contributed by atoms with E-state index in [2.05, 4.69) is 21.6 Å². The number of nitrogens with zero attached hydrogens (tertiary/aromatic N) is 3. The average Bonchev–Trinajstić information content (AvgIpc) is 3.30. The number of hydrogen-bond donors (Lipinski definition) is 2. The zero-order chi connectivity index (χ0) is 19.2. The Morgan fingerprint density at radius 1 is 1.22 bits per heavy atom. The van der Waals surface area contributed by atoms with Gasteiger partial charge < -0.3 is 15.6 Å². The summed E-state index contributed by atoms with van der Waals surface area (Å²) in [6, 6.07) is 10.7. The van der Waals surface area contributed by atoms with Crippen molar-refractivity contribution in [3.05, 3.63) is 58.0 Å². The van der Waals surface area contributed by atoms with E-state index in [4.69, 9.17) is 5.73 Å². The van der Waals surface area contributed by atoms with E-state index in [1.54, 1.807) is 35.6 Å². The molecule has 0 radical (unpaired) electrons. The van der Waals surface area contributed by atoms with Gasteiger partial charge in [-0.2, -0.15) is 0 Å². The molecule has 3 rings (SSSR count). The van der Waals surface area contributed by atoms with E-state index in [0.29, 0.717) is 10.8 Å². The monoisotopic (exact) mass is 401 g/mol. The summed E-state index contributed by atoms with van der Waals surface area (Å²) in [4.78, 5) is 24.9. The first kappa shape index (κ1) is 19.1. The molecular weight excluding hydrogens is 382 g/mol. The SMILES string of the molecule is CCn1c(Cc2cccs2)nnc1SCC(=O)Nc1ccccc1C(N)=O. The number of hydrogen-bond acceptors (Lipinski definition) is 6. The number of carbonyl (C=O) groups is 2. The van der Waals surface area contributed by atoms with Crippen LogP contribution >= 0.6 is 23.1 Å². The van der Waals surface area contributed by atoms with E-state index in [1.807, 2.05) is 22.9 Å². The Bertz CT molecular complexity index is 937. The Labute approximate surface area is 165 Å². The van der Waals surface area contributed by atoms with Crippen LogP contribution in [0, 0.1) is 0 Å². The van der Waals surface area contributed by atoms with Gasteiger partial charge in [0.1, 0.15) is 5.82 Å². The van der Waals surface area contributed by atoms with Gasteiger partial charge in [0.2, 0.25) is 5.91 Å². The molecule has 0 unspecified atom stereocenters. The van der Waals surface area contributed by atoms with E-state index in [1.165, 1.54) is 16.6 Å². The fourth-order valence-electron chi connectivity index (χ4n) is 2.57. The van der Waals surface area contributed by atoms with Gasteiger partial charge in [0, 0.05) is 17.8 Å². The molecule has 0 spiro atoms. The molecule has 1 aromatic carbocycles. The number of amides is 2. The minimum atomic E-state index is -0.581. The van der Waals surface area contributed by atoms with Crippen molar-refractivity contribution in [2.75, 3.05) is 11.1 Å². The number of rotatable bonds is 8. The first-order valence-corrected chi connectivity index (χ1v) is 10.2. The number of para-hydroxylation sites is 1. The fraction of sp³-hybridized carbons (Fsp3) is 0.222. The summed E-state index contributed by atoms with van der Waals surface area (Å²) in [5.74, 6) is 0.216. The van der Waals surface area contributed by atoms with Crippen molar-refractivity contribution in [2.24, 2.45) is 5.73 Å². The topological polar surface area (TPSA) is 103 Å². The predicted molar refractivity (Wildman–Crippen MR) is 107 cm³/mol. The second-order valence-corrected chi connectivity index (χ2v) is 7.62. The quantitative estimate of drug-likeness (QED) is 0.565. The number of primary amides is 1. The molecule has 0 fully saturated rings. The highest BCUT2D eigenvalue weighted by atomic mass is 32.2. The van der Waals surface area contributed by atoms with Gasteiger partial charge in [-0.15, -0.1) is 21.5 Å². The van der Waals surface area contributed by atoms with Crippen LogP contribution in [0.25, 0.3) is 0 Å². The summed E-state index contributed by atoms with van der Waals surface area (Å²) in [7, 11) is 0. The molecule has 0 aliphatic heterocycles. The Morgan fingerprint density at radius 3 is 2.74 bits per heavy atom. The van der Waals surface area contributed by atoms with Crippen LogP contribution < -0.4 is 11.1 Å². The first-order valence-electron chi connectivity index (χ1n) is 8.34. The Morgan fingerprint density at radius 2 is 2.04 bits per heavy atom. The molecule has 9 heteroatoms. The van der Waals surface area contributed by atoms with Gasteiger partial charge in [0.15, 0.2) is 5.16 Å². The number of carbonyl (C=O) groups excluding carboxylic acids is 2. The number of nitrogens with one attached hydrogen (secondary N) is 1. The Hall–Kier alpha value is -2.65. The zero-order valence-corrected chi connectivity index (χ0v) is 16.3. The summed E-state index contributed by atoms with van der Waals surface area (Å²) < 4.78 is 2.01. The van der Waals surface area contributed by atoms with Crippen molar-refractivity contribution in [2.45, 2.75) is 25.0 Å². The molecule has 140 valence electrons. The molecule has 0 saturated carbocycles. The van der Waals surface area contributed by atoms with Crippen LogP contribution in [0.4, 0.5) is 5.69 Å². The molecule has 27 heavy (non-hydrogen) atoms. The van der Waals surface area contributed by atoms with E-state index in [0.717, 1.165) is 18.8 Å². The highest BCUT2D eigenvalue weighted by Crippen LogP contribution is 2.21. The molecule has 2 amide bonds. The lowest BCUT2D eigenvalue weighted by Gasteiger charge is -2.09. The lowest BCUT2D eigenvalue weighted by Crippen LogP contribution is -2.19. The van der Waals surface area contributed by atoms with Crippen LogP contribution in [0.1, 0.15) is 28.0 Å². The van der Waals surface area contributed by atoms with Crippen molar-refractivity contribution >= 4 is 40.6 Å². The van der Waals surface area contributed by atoms with Crippen LogP contribution in [0.15, 0.2) is 46.9 Å². The molecule has 0 bridgehead atoms. The average molecular weight is 402 g/mol. The predicted octanol–water partition coefficient (Wildman–Crippen LogP) is 2.78. The number of thioether (sulfide) groups is 1. The third kappa shape index (κ3) is 4.75. The number of thiophene rings is 1. The van der Waals surface area contributed by atoms with Gasteiger partial charge in [-0.3, -0.25) is 9.59 Å². The van der Waals surface area contributed by atoms with Crippen molar-refractivity contribution in [3.63, 3.8) is 0 Å². The number of aromatic nitrogens is 3. The van der Waals surface area contributed by atoms with Crippen LogP contribution in [-0.2, 0) is 17.8 Å². The normalized spacial score (nSPS) is 10.7. The molecule has 0 saturated heterocycles. The molecule has 0 atom stereocenters. The van der Waals surface area contributed by atoms with Crippen LogP contribution in [0.2, 0.25) is 0 Å². The van der Waals surface area contributed by atoms with E-state index >= 15 is 0 Å². The molecule has 0 aliphatic carbocycles. The van der Waals surface area contributed by atoms with Gasteiger partial charge in [0.25, 0.3) is 5.91 Å². The first-order chi connectivity index (χ1) is 13.1. The number of nitrogens with two attached hydrogens (primary N) is 1. The standard InChI is InChI=1S/C18H19N5O2S2/c1-2-23-15(10-12-6-5-9-26-12)21-22-18(23)27-11-16(24)20-14-8-4-3-7-13(14)17(19)25/h3-9H,2,10-11H2,1H3,(H2,19,25)(H,20,24). The summed E-state index contributed by atoms with van der Waals surface area (Å²) in [5, 5.41) is 13.9. The van der Waals surface area contributed by atoms with E-state index in [9.17, 15) is 9.59 Å². The van der Waals surface area contributed by atoms with Crippen LogP contribution in [0.5, 0.6) is 0 Å². The molecule has 3 aromatic rings. The van der Waals surface area contributed by atoms with Gasteiger partial charge >= 0.3 is 0 Å². The van der Waals surface area contributed by atoms with Gasteiger partial charge in [0.05, 0.1) is 17.0 Å². The van der Waals surface area contributed by atoms with Gasteiger partial charge in [-0.1, -0.05) is 30.0 Å². The number of anilines is 1. The fourth-order valence-corrected chi connectivity index (χ4v) is 4.09. The van der Waals surface area contributed by atoms with Crippen molar-refractivity contribution in [1.29, 1.82) is 0 Å². The summed E-state index contributed by atoms with van der Waals surface area (Å²) in [5.41, 5.74) is 6.03. The van der Waals surface area contributed by atoms with E-state index < -0.39 is 5.91 Å². The van der Waals surface area contributed by atoms with Gasteiger partial charge in [-0.25, -0.2) is 0 Å². The Kier molecular flexibility index (Phi) is 6.25. The third-order valence-electron chi connectivity index (χ3n) is 3.82. The number of benzene rings is 1. The minimum Gasteiger partial charge on any atom is -0.366 e. The third-order valence-corrected chi connectivity index (χ3v) is 5.66. The minimum absolute atomic E-state index is 0.157. The van der Waals surface area contributed by atoms with Crippen molar-refractivity contribution < 1.29 is 9.59 Å². The second kappa shape index (κ2) is 8.83. The lowest BCUT2D eigenvalue weighted by atomic mass is 10.1. The molecule has 2 heterocycles. The van der Waals surface area contributed by atoms with Crippen molar-refractivity contribution in [1.82, 2.24) is 14.8 Å². The summed E-state index contributed by atoms with van der Waals surface area (Å²) in [6.07, 6.45) is 0.719. The lowest BCUT2D eigenvalue weighted by molar-refractivity contribution is -0.113. The maximum absolute atomic E-state index is 12.3. The van der Waals surface area contributed by atoms with Crippen LogP contribution in [-0.4, -0.2) is 32.3 Å². The maximum atomic E-state index is 12.3. The second-order valence-electron chi connectivity index (χ2n) is 5.65. The molecule has 3 N–H and O–H groups in total. The smallest absolute Gasteiger partial charge is 0.250 e. The summed E-state index contributed by atoms with van der Waals surface area (Å²) >= 11 is 2.99. The van der Waals surface area contributed by atoms with E-state index in [-0.39, 0.29) is 17.2 Å². The largest absolute Gasteiger partial charge is 0.366 e. The molecular formula is C18H19N5O2S2. The molecule has 7 nitrogen and oxygen atoms in total.